The van der Waals surface area contributed by atoms with Gasteiger partial charge in [0.25, 0.3) is 11.8 Å². The Hall–Kier alpha value is -4.21. The summed E-state index contributed by atoms with van der Waals surface area (Å²) >= 11 is 0. The molecule has 1 saturated heterocycles. The number of methoxy groups -OCH3 is 1. The van der Waals surface area contributed by atoms with Gasteiger partial charge >= 0.3 is 6.03 Å². The van der Waals surface area contributed by atoms with E-state index in [9.17, 15) is 24.0 Å². The smallest absolute Gasteiger partial charge is 0.326 e. The number of hydrogen-bond acceptors (Lipinski definition) is 6. The van der Waals surface area contributed by atoms with Gasteiger partial charge in [0.2, 0.25) is 11.8 Å². The molecule has 2 aromatic carbocycles. The lowest BCUT2D eigenvalue weighted by Crippen LogP contribution is -2.52. The number of carbonyl (C=O) groups excluding carboxylic acids is 5. The first kappa shape index (κ1) is 21.0. The molecule has 164 valence electrons. The summed E-state index contributed by atoms with van der Waals surface area (Å²) in [5, 5.41) is 7.00. The highest BCUT2D eigenvalue weighted by Crippen LogP contribution is 2.28. The maximum atomic E-state index is 12.9. The minimum absolute atomic E-state index is 0.128. The number of imide groups is 2. The third-order valence-corrected chi connectivity index (χ3v) is 5.35. The van der Waals surface area contributed by atoms with Crippen LogP contribution in [0.1, 0.15) is 39.1 Å². The van der Waals surface area contributed by atoms with E-state index in [2.05, 4.69) is 16.0 Å². The van der Waals surface area contributed by atoms with Crippen LogP contribution in [0.3, 0.4) is 0 Å². The molecule has 2 heterocycles. The number of nitrogens with one attached hydrogen (secondary N) is 3. The number of amides is 6. The Morgan fingerprint density at radius 1 is 1.12 bits per heavy atom. The number of fused-ring (bicyclic) bond motifs is 1. The summed E-state index contributed by atoms with van der Waals surface area (Å²) in [4.78, 5) is 62.5. The third kappa shape index (κ3) is 4.15. The molecule has 6 amide bonds. The number of anilines is 1. The van der Waals surface area contributed by atoms with Crippen LogP contribution in [0.2, 0.25) is 0 Å². The van der Waals surface area contributed by atoms with E-state index in [-0.39, 0.29) is 36.4 Å². The average molecular weight is 436 g/mol. The summed E-state index contributed by atoms with van der Waals surface area (Å²) in [7, 11) is 1.50. The molecule has 1 atom stereocenters. The first-order valence-electron chi connectivity index (χ1n) is 9.89. The van der Waals surface area contributed by atoms with Gasteiger partial charge < -0.3 is 15.0 Å². The molecule has 1 unspecified atom stereocenters. The molecule has 1 fully saturated rings. The van der Waals surface area contributed by atoms with Gasteiger partial charge in [-0.2, -0.15) is 0 Å². The molecule has 3 N–H and O–H groups in total. The molecule has 10 nitrogen and oxygen atoms in total. The molecule has 0 saturated carbocycles. The molecule has 0 radical (unpaired) electrons. The number of carbonyl (C=O) groups is 5. The molecule has 10 heteroatoms. The number of hydrogen-bond donors (Lipinski definition) is 3. The molecule has 0 aromatic heterocycles. The fraction of sp³-hybridized carbons (Fsp3) is 0.227. The Morgan fingerprint density at radius 2 is 1.94 bits per heavy atom. The topological polar surface area (TPSA) is 134 Å². The third-order valence-electron chi connectivity index (χ3n) is 5.35. The Balaban J connectivity index is 1.43. The second kappa shape index (κ2) is 8.50. The van der Waals surface area contributed by atoms with Gasteiger partial charge in [-0.05, 0) is 36.2 Å². The Bertz CT molecular complexity index is 1140. The molecule has 2 aromatic rings. The van der Waals surface area contributed by atoms with Crippen molar-refractivity contribution in [2.45, 2.75) is 25.4 Å². The number of rotatable bonds is 4. The van der Waals surface area contributed by atoms with E-state index in [1.165, 1.54) is 24.1 Å². The predicted octanol–water partition coefficient (Wildman–Crippen LogP) is 1.42. The lowest BCUT2D eigenvalue weighted by Gasteiger charge is -2.29. The van der Waals surface area contributed by atoms with Crippen molar-refractivity contribution in [3.05, 3.63) is 59.2 Å². The van der Waals surface area contributed by atoms with Crippen LogP contribution < -0.4 is 20.7 Å². The highest BCUT2D eigenvalue weighted by atomic mass is 16.5. The van der Waals surface area contributed by atoms with E-state index in [1.807, 2.05) is 0 Å². The highest BCUT2D eigenvalue weighted by molar-refractivity contribution is 6.10. The number of benzene rings is 2. The lowest BCUT2D eigenvalue weighted by molar-refractivity contribution is -0.136. The Kier molecular flexibility index (Phi) is 5.59. The fourth-order valence-corrected chi connectivity index (χ4v) is 3.73. The molecule has 0 aliphatic carbocycles. The zero-order valence-corrected chi connectivity index (χ0v) is 17.1. The molecule has 0 spiro atoms. The molecule has 4 rings (SSSR count). The van der Waals surface area contributed by atoms with E-state index in [0.29, 0.717) is 17.0 Å². The van der Waals surface area contributed by atoms with Crippen LogP contribution >= 0.6 is 0 Å². The number of piperidine rings is 1. The summed E-state index contributed by atoms with van der Waals surface area (Å²) in [6.07, 6.45) is 0.411. The van der Waals surface area contributed by atoms with Crippen LogP contribution in [-0.2, 0) is 16.1 Å². The van der Waals surface area contributed by atoms with Crippen molar-refractivity contribution in [1.82, 2.24) is 15.5 Å². The monoisotopic (exact) mass is 436 g/mol. The minimum Gasteiger partial charge on any atom is -0.497 e. The number of ether oxygens (including phenoxy) is 1. The van der Waals surface area contributed by atoms with E-state index in [1.54, 1.807) is 30.3 Å². The predicted molar refractivity (Wildman–Crippen MR) is 112 cm³/mol. The van der Waals surface area contributed by atoms with Gasteiger partial charge in [0, 0.05) is 35.8 Å². The van der Waals surface area contributed by atoms with Gasteiger partial charge in [-0.15, -0.1) is 0 Å². The maximum Gasteiger partial charge on any atom is 0.326 e. The van der Waals surface area contributed by atoms with Crippen LogP contribution in [-0.4, -0.2) is 47.7 Å². The average Bonchev–Trinajstić information content (AvgIpc) is 3.09. The number of nitrogens with zero attached hydrogens (tertiary/aromatic N) is 1. The molecular formula is C22H20N4O6. The molecule has 0 bridgehead atoms. The van der Waals surface area contributed by atoms with Crippen molar-refractivity contribution >= 4 is 35.3 Å². The van der Waals surface area contributed by atoms with Gasteiger partial charge in [-0.25, -0.2) is 4.79 Å². The van der Waals surface area contributed by atoms with Gasteiger partial charge in [-0.1, -0.05) is 12.1 Å². The molecule has 2 aliphatic rings. The SMILES string of the molecule is COc1cccc(NC(=O)NC(=O)c2ccc3c(c2)C(=O)N(C2CCC(=O)NC2=O)C3)c1. The van der Waals surface area contributed by atoms with Gasteiger partial charge in [0.05, 0.1) is 7.11 Å². The first-order chi connectivity index (χ1) is 15.4. The van der Waals surface area contributed by atoms with Gasteiger partial charge in [-0.3, -0.25) is 29.8 Å². The van der Waals surface area contributed by atoms with Gasteiger partial charge in [0.15, 0.2) is 0 Å². The van der Waals surface area contributed by atoms with Crippen LogP contribution in [0, 0.1) is 0 Å². The maximum absolute atomic E-state index is 12.9. The minimum atomic E-state index is -0.737. The highest BCUT2D eigenvalue weighted by Gasteiger charge is 2.39. The lowest BCUT2D eigenvalue weighted by atomic mass is 10.0. The quantitative estimate of drug-likeness (QED) is 0.621. The van der Waals surface area contributed by atoms with Crippen molar-refractivity contribution in [2.75, 3.05) is 12.4 Å². The first-order valence-corrected chi connectivity index (χ1v) is 9.89. The van der Waals surface area contributed by atoms with Crippen molar-refractivity contribution in [1.29, 1.82) is 0 Å². The largest absolute Gasteiger partial charge is 0.497 e. The van der Waals surface area contributed by atoms with E-state index in [4.69, 9.17) is 4.74 Å². The Labute approximate surface area is 182 Å². The summed E-state index contributed by atoms with van der Waals surface area (Å²) in [6, 6.07) is 9.70. The van der Waals surface area contributed by atoms with Crippen LogP contribution in [0.4, 0.5) is 10.5 Å². The summed E-state index contributed by atoms with van der Waals surface area (Å²) in [5.41, 5.74) is 1.52. The molecular weight excluding hydrogens is 416 g/mol. The van der Waals surface area contributed by atoms with E-state index < -0.39 is 29.8 Å². The van der Waals surface area contributed by atoms with E-state index in [0.717, 1.165) is 0 Å². The molecule has 32 heavy (non-hydrogen) atoms. The van der Waals surface area contributed by atoms with Crippen molar-refractivity contribution < 1.29 is 28.7 Å². The zero-order chi connectivity index (χ0) is 22.8. The summed E-state index contributed by atoms with van der Waals surface area (Å²) in [6.45, 7) is 0.207. The summed E-state index contributed by atoms with van der Waals surface area (Å²) in [5.74, 6) is -1.39. The van der Waals surface area contributed by atoms with E-state index >= 15 is 0 Å². The Morgan fingerprint density at radius 3 is 2.69 bits per heavy atom. The normalized spacial score (nSPS) is 17.5. The van der Waals surface area contributed by atoms with Crippen LogP contribution in [0.5, 0.6) is 5.75 Å². The van der Waals surface area contributed by atoms with Crippen molar-refractivity contribution in [2.24, 2.45) is 0 Å². The second-order valence-electron chi connectivity index (χ2n) is 7.41. The number of urea groups is 1. The zero-order valence-electron chi connectivity index (χ0n) is 17.1. The standard InChI is InChI=1S/C22H20N4O6/c1-32-15-4-2-3-14(10-15)23-22(31)25-19(28)12-5-6-13-11-26(21(30)16(13)9-12)17-7-8-18(27)24-20(17)29/h2-6,9-10,17H,7-8,11H2,1H3,(H,24,27,29)(H2,23,25,28,31). The summed E-state index contributed by atoms with van der Waals surface area (Å²) < 4.78 is 5.09. The van der Waals surface area contributed by atoms with Gasteiger partial charge in [0.1, 0.15) is 11.8 Å². The van der Waals surface area contributed by atoms with Crippen LogP contribution in [0.25, 0.3) is 0 Å². The molecule has 2 aliphatic heterocycles. The second-order valence-corrected chi connectivity index (χ2v) is 7.41. The van der Waals surface area contributed by atoms with Crippen molar-refractivity contribution in [3.8, 4) is 5.75 Å². The van der Waals surface area contributed by atoms with Crippen molar-refractivity contribution in [3.63, 3.8) is 0 Å². The van der Waals surface area contributed by atoms with Crippen LogP contribution in [0.15, 0.2) is 42.5 Å². The fourth-order valence-electron chi connectivity index (χ4n) is 3.73.